The minimum Gasteiger partial charge on any atom is -0.421 e. The molecule has 1 aromatic rings. The van der Waals surface area contributed by atoms with Crippen LogP contribution in [0, 0.1) is 0 Å². The Hall–Kier alpha value is -2.72. The van der Waals surface area contributed by atoms with Gasteiger partial charge in [-0.25, -0.2) is 9.59 Å². The van der Waals surface area contributed by atoms with E-state index in [4.69, 9.17) is 4.55 Å². The predicted molar refractivity (Wildman–Crippen MR) is 98.4 cm³/mol. The molecule has 0 aliphatic heterocycles. The van der Waals surface area contributed by atoms with Crippen molar-refractivity contribution in [3.8, 4) is 5.75 Å². The molecule has 1 rings (SSSR count). The van der Waals surface area contributed by atoms with Gasteiger partial charge >= 0.3 is 45.2 Å². The second-order valence-electron chi connectivity index (χ2n) is 6.64. The number of alkyl halides is 7. The van der Waals surface area contributed by atoms with E-state index in [1.807, 2.05) is 0 Å². The van der Waals surface area contributed by atoms with Gasteiger partial charge in [-0.1, -0.05) is 24.8 Å². The lowest BCUT2D eigenvalue weighted by atomic mass is 10.2. The molecular weight excluding hydrogens is 509 g/mol. The Morgan fingerprint density at radius 3 is 2.00 bits per heavy atom. The SMILES string of the molecule is C=C(C)C(=O)OC(OCCCC(F)(F)C(F)(F)S(=O)(=O)O)(C(=O)Oc1ccccc1)C(F)(F)F. The zero-order valence-corrected chi connectivity index (χ0v) is 17.9. The minimum absolute atomic E-state index is 0.463. The van der Waals surface area contributed by atoms with E-state index in [9.17, 15) is 48.7 Å². The third-order valence-electron chi connectivity index (χ3n) is 3.87. The van der Waals surface area contributed by atoms with Crippen LogP contribution in [0.5, 0.6) is 5.75 Å². The highest BCUT2D eigenvalue weighted by Gasteiger charge is 2.68. The standard InChI is InChI=1S/C18H17F7O8S/c1-11(2)13(26)33-16(17(21,22)23,14(27)32-12-7-4-3-5-8-12)31-10-6-9-15(19,20)18(24,25)34(28,29)30/h3-5,7-8H,1,6,9-10H2,2H3,(H,28,29,30). The van der Waals surface area contributed by atoms with Crippen LogP contribution in [0.25, 0.3) is 0 Å². The first-order chi connectivity index (χ1) is 15.3. The highest BCUT2D eigenvalue weighted by molar-refractivity contribution is 7.87. The van der Waals surface area contributed by atoms with Crippen molar-refractivity contribution in [2.75, 3.05) is 6.61 Å². The molecule has 0 heterocycles. The van der Waals surface area contributed by atoms with Crippen molar-refractivity contribution in [1.29, 1.82) is 0 Å². The number of ether oxygens (including phenoxy) is 3. The number of para-hydroxylation sites is 1. The van der Waals surface area contributed by atoms with E-state index in [0.29, 0.717) is 0 Å². The van der Waals surface area contributed by atoms with Crippen molar-refractivity contribution >= 4 is 22.1 Å². The summed E-state index contributed by atoms with van der Waals surface area (Å²) >= 11 is 0. The predicted octanol–water partition coefficient (Wildman–Crippen LogP) is 3.88. The fraction of sp³-hybridized carbons (Fsp3) is 0.444. The topological polar surface area (TPSA) is 116 Å². The third-order valence-corrected chi connectivity index (χ3v) is 4.82. The number of carbonyl (C=O) groups excluding carboxylic acids is 2. The molecule has 192 valence electrons. The van der Waals surface area contributed by atoms with E-state index in [0.717, 1.165) is 19.1 Å². The summed E-state index contributed by atoms with van der Waals surface area (Å²) < 4.78 is 137. The summed E-state index contributed by atoms with van der Waals surface area (Å²) in [7, 11) is -6.58. The molecule has 8 nitrogen and oxygen atoms in total. The average Bonchev–Trinajstić information content (AvgIpc) is 2.68. The Morgan fingerprint density at radius 1 is 1.03 bits per heavy atom. The highest BCUT2D eigenvalue weighted by atomic mass is 32.2. The van der Waals surface area contributed by atoms with E-state index in [1.54, 1.807) is 0 Å². The van der Waals surface area contributed by atoms with Crippen LogP contribution in [0.1, 0.15) is 19.8 Å². The van der Waals surface area contributed by atoms with Gasteiger partial charge in [-0.2, -0.15) is 39.2 Å². The van der Waals surface area contributed by atoms with Gasteiger partial charge in [0, 0.05) is 12.0 Å². The zero-order chi connectivity index (χ0) is 26.6. The van der Waals surface area contributed by atoms with Gasteiger partial charge < -0.3 is 14.2 Å². The maximum absolute atomic E-state index is 13.8. The molecule has 0 aromatic heterocycles. The van der Waals surface area contributed by atoms with Gasteiger partial charge in [0.25, 0.3) is 0 Å². The number of rotatable bonds is 11. The van der Waals surface area contributed by atoms with Gasteiger partial charge in [-0.3, -0.25) is 4.55 Å². The molecule has 0 saturated heterocycles. The molecule has 1 aromatic carbocycles. The van der Waals surface area contributed by atoms with E-state index < -0.39 is 76.0 Å². The maximum Gasteiger partial charge on any atom is 0.468 e. The Balaban J connectivity index is 3.21. The molecular formula is C18H17F7O8S. The molecule has 16 heteroatoms. The van der Waals surface area contributed by atoms with Crippen LogP contribution in [0.2, 0.25) is 0 Å². The van der Waals surface area contributed by atoms with Crippen LogP contribution < -0.4 is 4.74 Å². The molecule has 1 atom stereocenters. The molecule has 0 aliphatic rings. The number of carbonyl (C=O) groups is 2. The first-order valence-electron chi connectivity index (χ1n) is 8.88. The monoisotopic (exact) mass is 526 g/mol. The van der Waals surface area contributed by atoms with Crippen molar-refractivity contribution in [2.45, 2.75) is 42.9 Å². The molecule has 0 fully saturated rings. The van der Waals surface area contributed by atoms with Crippen LogP contribution in [-0.2, 0) is 29.2 Å². The van der Waals surface area contributed by atoms with Gasteiger partial charge in [0.05, 0.1) is 6.61 Å². The molecule has 0 aliphatic carbocycles. The molecule has 0 radical (unpaired) electrons. The molecule has 0 saturated carbocycles. The lowest BCUT2D eigenvalue weighted by molar-refractivity contribution is -0.352. The average molecular weight is 526 g/mol. The van der Waals surface area contributed by atoms with Gasteiger partial charge in [0.1, 0.15) is 5.75 Å². The third kappa shape index (κ3) is 6.44. The normalized spacial score (nSPS) is 14.7. The van der Waals surface area contributed by atoms with Crippen molar-refractivity contribution < 1.29 is 67.5 Å². The van der Waals surface area contributed by atoms with Crippen molar-refractivity contribution in [2.24, 2.45) is 0 Å². The van der Waals surface area contributed by atoms with E-state index in [2.05, 4.69) is 20.8 Å². The quantitative estimate of drug-likeness (QED) is 0.0879. The minimum atomic E-state index is -6.58. The largest absolute Gasteiger partial charge is 0.468 e. The fourth-order valence-corrected chi connectivity index (χ4v) is 2.59. The van der Waals surface area contributed by atoms with Gasteiger partial charge in [-0.05, 0) is 25.5 Å². The van der Waals surface area contributed by atoms with Crippen molar-refractivity contribution in [1.82, 2.24) is 0 Å². The van der Waals surface area contributed by atoms with Gasteiger partial charge in [0.2, 0.25) is 0 Å². The summed E-state index contributed by atoms with van der Waals surface area (Å²) in [5, 5.41) is -5.97. The highest BCUT2D eigenvalue weighted by Crippen LogP contribution is 2.42. The molecule has 1 unspecified atom stereocenters. The number of hydrogen-bond donors (Lipinski definition) is 1. The summed E-state index contributed by atoms with van der Waals surface area (Å²) in [5.41, 5.74) is -0.635. The van der Waals surface area contributed by atoms with Crippen LogP contribution in [0.3, 0.4) is 0 Å². The van der Waals surface area contributed by atoms with Crippen molar-refractivity contribution in [3.63, 3.8) is 0 Å². The van der Waals surface area contributed by atoms with Crippen LogP contribution in [-0.4, -0.2) is 54.7 Å². The second-order valence-corrected chi connectivity index (χ2v) is 8.10. The van der Waals surface area contributed by atoms with Gasteiger partial charge in [0.15, 0.2) is 0 Å². The first kappa shape index (κ1) is 29.3. The maximum atomic E-state index is 13.8. The molecule has 34 heavy (non-hydrogen) atoms. The van der Waals surface area contributed by atoms with E-state index in [-0.39, 0.29) is 0 Å². The summed E-state index contributed by atoms with van der Waals surface area (Å²) in [6.45, 7) is 2.36. The van der Waals surface area contributed by atoms with Crippen molar-refractivity contribution in [3.05, 3.63) is 42.5 Å². The number of esters is 2. The Labute approximate surface area is 188 Å². The molecule has 0 amide bonds. The lowest BCUT2D eigenvalue weighted by Crippen LogP contribution is -2.59. The Morgan fingerprint density at radius 2 is 1.56 bits per heavy atom. The molecule has 0 bridgehead atoms. The molecule has 1 N–H and O–H groups in total. The van der Waals surface area contributed by atoms with Gasteiger partial charge in [-0.15, -0.1) is 0 Å². The summed E-state index contributed by atoms with van der Waals surface area (Å²) in [6, 6.07) is 6.01. The van der Waals surface area contributed by atoms with Crippen LogP contribution in [0.4, 0.5) is 30.7 Å². The number of benzene rings is 1. The number of hydrogen-bond acceptors (Lipinski definition) is 7. The summed E-state index contributed by atoms with van der Waals surface area (Å²) in [5.74, 6) is -14.6. The van der Waals surface area contributed by atoms with E-state index in [1.165, 1.54) is 18.2 Å². The number of halogens is 7. The summed E-state index contributed by atoms with van der Waals surface area (Å²) in [6.07, 6.45) is -9.40. The smallest absolute Gasteiger partial charge is 0.421 e. The molecule has 0 spiro atoms. The van der Waals surface area contributed by atoms with Crippen LogP contribution in [0.15, 0.2) is 42.5 Å². The Bertz CT molecular complexity index is 1010. The first-order valence-corrected chi connectivity index (χ1v) is 10.3. The van der Waals surface area contributed by atoms with E-state index >= 15 is 0 Å². The lowest BCUT2D eigenvalue weighted by Gasteiger charge is -2.32. The zero-order valence-electron chi connectivity index (χ0n) is 17.1. The Kier molecular flexibility index (Phi) is 8.85. The second kappa shape index (κ2) is 10.3. The van der Waals surface area contributed by atoms with Crippen LogP contribution >= 0.6 is 0 Å². The fourth-order valence-electron chi connectivity index (χ4n) is 2.11. The summed E-state index contributed by atoms with van der Waals surface area (Å²) in [4.78, 5) is 24.1.